The molecule has 0 aliphatic rings. The number of likely N-dealkylation sites (N-methyl/N-ethyl adjacent to an activating group) is 1. The largest absolute Gasteiger partial charge is 0.366 e. The lowest BCUT2D eigenvalue weighted by Gasteiger charge is -2.30. The molecule has 0 fully saturated rings. The highest BCUT2D eigenvalue weighted by Crippen LogP contribution is 2.29. The lowest BCUT2D eigenvalue weighted by molar-refractivity contribution is 0.572. The first-order valence-corrected chi connectivity index (χ1v) is 7.83. The van der Waals surface area contributed by atoms with Gasteiger partial charge in [-0.1, -0.05) is 35.0 Å². The van der Waals surface area contributed by atoms with Crippen molar-refractivity contribution in [3.05, 3.63) is 63.9 Å². The highest BCUT2D eigenvalue weighted by atomic mass is 79.9. The maximum absolute atomic E-state index is 14.1. The summed E-state index contributed by atoms with van der Waals surface area (Å²) in [6.45, 7) is 2.47. The van der Waals surface area contributed by atoms with Crippen LogP contribution in [0.5, 0.6) is 0 Å². The molecular formula is C17H20BrFN2. The van der Waals surface area contributed by atoms with Crippen molar-refractivity contribution in [3.8, 4) is 0 Å². The molecule has 0 amide bonds. The van der Waals surface area contributed by atoms with E-state index in [1.807, 2.05) is 11.9 Å². The van der Waals surface area contributed by atoms with Gasteiger partial charge in [-0.05, 0) is 42.3 Å². The quantitative estimate of drug-likeness (QED) is 0.871. The Bertz CT molecular complexity index is 598. The first kappa shape index (κ1) is 16.0. The number of hydrogen-bond acceptors (Lipinski definition) is 2. The summed E-state index contributed by atoms with van der Waals surface area (Å²) in [6, 6.07) is 13.1. The molecule has 0 spiro atoms. The monoisotopic (exact) mass is 350 g/mol. The first-order chi connectivity index (χ1) is 10.1. The minimum absolute atomic E-state index is 0.199. The Balaban J connectivity index is 2.33. The molecule has 1 atom stereocenters. The Hall–Kier alpha value is -1.39. The number of nitrogens with zero attached hydrogens (tertiary/aromatic N) is 1. The number of aryl methyl sites for hydroxylation is 1. The van der Waals surface area contributed by atoms with E-state index in [-0.39, 0.29) is 11.9 Å². The molecule has 0 aliphatic carbocycles. The van der Waals surface area contributed by atoms with Gasteiger partial charge >= 0.3 is 0 Å². The molecule has 2 aromatic carbocycles. The highest BCUT2D eigenvalue weighted by molar-refractivity contribution is 9.10. The number of halogens is 2. The Labute approximate surface area is 133 Å². The van der Waals surface area contributed by atoms with Crippen LogP contribution in [0.1, 0.15) is 24.1 Å². The van der Waals surface area contributed by atoms with Crippen LogP contribution in [0, 0.1) is 5.82 Å². The predicted octanol–water partition coefficient (Wildman–Crippen LogP) is 4.29. The lowest BCUT2D eigenvalue weighted by atomic mass is 10.0. The average Bonchev–Trinajstić information content (AvgIpc) is 2.51. The van der Waals surface area contributed by atoms with Gasteiger partial charge in [-0.2, -0.15) is 0 Å². The predicted molar refractivity (Wildman–Crippen MR) is 90.1 cm³/mol. The third kappa shape index (κ3) is 3.63. The van der Waals surface area contributed by atoms with E-state index in [4.69, 9.17) is 5.73 Å². The van der Waals surface area contributed by atoms with Crippen LogP contribution in [0.2, 0.25) is 0 Å². The van der Waals surface area contributed by atoms with Crippen LogP contribution in [-0.4, -0.2) is 13.6 Å². The molecule has 21 heavy (non-hydrogen) atoms. The molecule has 2 nitrogen and oxygen atoms in total. The molecular weight excluding hydrogens is 331 g/mol. The van der Waals surface area contributed by atoms with Crippen molar-refractivity contribution in [1.29, 1.82) is 0 Å². The zero-order valence-corrected chi connectivity index (χ0v) is 13.9. The van der Waals surface area contributed by atoms with E-state index in [1.54, 1.807) is 12.1 Å². The van der Waals surface area contributed by atoms with Crippen molar-refractivity contribution in [2.45, 2.75) is 19.4 Å². The Morgan fingerprint density at radius 3 is 2.43 bits per heavy atom. The van der Waals surface area contributed by atoms with Crippen LogP contribution in [0.3, 0.4) is 0 Å². The normalized spacial score (nSPS) is 12.2. The second-order valence-electron chi connectivity index (χ2n) is 5.05. The molecule has 2 aromatic rings. The SMILES string of the molecule is CCc1ccc(N(C)C(CN)c2cc(Br)ccc2F)cc1. The number of benzene rings is 2. The van der Waals surface area contributed by atoms with Crippen molar-refractivity contribution in [2.24, 2.45) is 5.73 Å². The van der Waals surface area contributed by atoms with Gasteiger partial charge in [0.1, 0.15) is 5.82 Å². The number of anilines is 1. The van der Waals surface area contributed by atoms with Crippen LogP contribution in [0.4, 0.5) is 10.1 Å². The van der Waals surface area contributed by atoms with Gasteiger partial charge in [-0.3, -0.25) is 0 Å². The summed E-state index contributed by atoms with van der Waals surface area (Å²) in [7, 11) is 1.94. The first-order valence-electron chi connectivity index (χ1n) is 7.03. The third-order valence-electron chi connectivity index (χ3n) is 3.76. The fraction of sp³-hybridized carbons (Fsp3) is 0.294. The van der Waals surface area contributed by atoms with Crippen molar-refractivity contribution < 1.29 is 4.39 Å². The number of hydrogen-bond donors (Lipinski definition) is 1. The van der Waals surface area contributed by atoms with E-state index >= 15 is 0 Å². The van der Waals surface area contributed by atoms with E-state index in [0.29, 0.717) is 12.1 Å². The van der Waals surface area contributed by atoms with Crippen LogP contribution in [-0.2, 0) is 6.42 Å². The topological polar surface area (TPSA) is 29.3 Å². The molecule has 2 N–H and O–H groups in total. The third-order valence-corrected chi connectivity index (χ3v) is 4.25. The molecule has 0 bridgehead atoms. The average molecular weight is 351 g/mol. The van der Waals surface area contributed by atoms with Crippen molar-refractivity contribution in [1.82, 2.24) is 0 Å². The van der Waals surface area contributed by atoms with E-state index in [2.05, 4.69) is 47.1 Å². The molecule has 0 aromatic heterocycles. The van der Waals surface area contributed by atoms with Crippen molar-refractivity contribution in [2.75, 3.05) is 18.5 Å². The summed E-state index contributed by atoms with van der Waals surface area (Å²) >= 11 is 3.39. The maximum atomic E-state index is 14.1. The molecule has 0 saturated carbocycles. The molecule has 0 saturated heterocycles. The lowest BCUT2D eigenvalue weighted by Crippen LogP contribution is -2.31. The summed E-state index contributed by atoms with van der Waals surface area (Å²) in [4.78, 5) is 2.02. The van der Waals surface area contributed by atoms with Gasteiger partial charge in [0.25, 0.3) is 0 Å². The molecule has 0 heterocycles. The fourth-order valence-electron chi connectivity index (χ4n) is 2.41. The van der Waals surface area contributed by atoms with Gasteiger partial charge in [0.2, 0.25) is 0 Å². The molecule has 1 unspecified atom stereocenters. The van der Waals surface area contributed by atoms with Crippen LogP contribution in [0.25, 0.3) is 0 Å². The Morgan fingerprint density at radius 2 is 1.86 bits per heavy atom. The van der Waals surface area contributed by atoms with Gasteiger partial charge in [0.05, 0.1) is 6.04 Å². The molecule has 2 rings (SSSR count). The van der Waals surface area contributed by atoms with Gasteiger partial charge in [-0.15, -0.1) is 0 Å². The second kappa shape index (κ2) is 7.05. The molecule has 0 aliphatic heterocycles. The Morgan fingerprint density at radius 1 is 1.19 bits per heavy atom. The smallest absolute Gasteiger partial charge is 0.128 e. The summed E-state index contributed by atoms with van der Waals surface area (Å²) in [5.41, 5.74) is 8.81. The van der Waals surface area contributed by atoms with Crippen LogP contribution < -0.4 is 10.6 Å². The van der Waals surface area contributed by atoms with E-state index in [9.17, 15) is 4.39 Å². The Kier molecular flexibility index (Phi) is 5.37. The molecule has 0 radical (unpaired) electrons. The fourth-order valence-corrected chi connectivity index (χ4v) is 2.79. The van der Waals surface area contributed by atoms with Crippen molar-refractivity contribution in [3.63, 3.8) is 0 Å². The minimum Gasteiger partial charge on any atom is -0.366 e. The summed E-state index contributed by atoms with van der Waals surface area (Å²) in [5.74, 6) is -0.231. The highest BCUT2D eigenvalue weighted by Gasteiger charge is 2.19. The van der Waals surface area contributed by atoms with Crippen LogP contribution >= 0.6 is 15.9 Å². The number of rotatable bonds is 5. The minimum atomic E-state index is -0.231. The van der Waals surface area contributed by atoms with Crippen LogP contribution in [0.15, 0.2) is 46.9 Å². The van der Waals surface area contributed by atoms with Crippen molar-refractivity contribution >= 4 is 21.6 Å². The zero-order valence-electron chi connectivity index (χ0n) is 12.3. The molecule has 112 valence electrons. The molecule has 4 heteroatoms. The standard InChI is InChI=1S/C17H20BrFN2/c1-3-12-4-7-14(8-5-12)21(2)17(11-20)15-10-13(18)6-9-16(15)19/h4-10,17H,3,11,20H2,1-2H3. The van der Waals surface area contributed by atoms with E-state index in [0.717, 1.165) is 16.6 Å². The van der Waals surface area contributed by atoms with Gasteiger partial charge in [0, 0.05) is 29.3 Å². The summed E-state index contributed by atoms with van der Waals surface area (Å²) in [6.07, 6.45) is 1.00. The van der Waals surface area contributed by atoms with E-state index < -0.39 is 0 Å². The van der Waals surface area contributed by atoms with Gasteiger partial charge in [0.15, 0.2) is 0 Å². The number of nitrogens with two attached hydrogens (primary N) is 1. The second-order valence-corrected chi connectivity index (χ2v) is 5.96. The van der Waals surface area contributed by atoms with Gasteiger partial charge in [-0.25, -0.2) is 4.39 Å². The summed E-state index contributed by atoms with van der Waals surface area (Å²) in [5, 5.41) is 0. The van der Waals surface area contributed by atoms with E-state index in [1.165, 1.54) is 11.6 Å². The maximum Gasteiger partial charge on any atom is 0.128 e. The summed E-state index contributed by atoms with van der Waals surface area (Å²) < 4.78 is 15.0. The van der Waals surface area contributed by atoms with Gasteiger partial charge < -0.3 is 10.6 Å². The zero-order chi connectivity index (χ0) is 15.4.